The lowest BCUT2D eigenvalue weighted by Gasteiger charge is -2.45. The van der Waals surface area contributed by atoms with Gasteiger partial charge in [0.2, 0.25) is 0 Å². The number of nitrogens with one attached hydrogen (secondary N) is 1. The van der Waals surface area contributed by atoms with E-state index in [1.165, 1.54) is 6.92 Å². The second-order valence-electron chi connectivity index (χ2n) is 10.6. The normalized spacial score (nSPS) is 45.7. The largest absolute Gasteiger partial charge is 0.396 e. The summed E-state index contributed by atoms with van der Waals surface area (Å²) >= 11 is 0. The number of nitrogens with two attached hydrogens (primary N) is 4. The molecule has 3 rings (SSSR count). The summed E-state index contributed by atoms with van der Waals surface area (Å²) in [6.45, 7) is 1.02. The summed E-state index contributed by atoms with van der Waals surface area (Å²) in [5.41, 5.74) is 19.5. The maximum Gasteiger partial charge on any atom is 0.188 e. The van der Waals surface area contributed by atoms with Crippen LogP contribution in [0.4, 0.5) is 0 Å². The summed E-state index contributed by atoms with van der Waals surface area (Å²) in [4.78, 5) is 19.8. The minimum Gasteiger partial charge on any atom is -0.396 e. The summed E-state index contributed by atoms with van der Waals surface area (Å²) in [6, 6.07) is -2.95. The van der Waals surface area contributed by atoms with Crippen LogP contribution >= 0.6 is 0 Å². The SMILES string of the molecule is CNC[C@@H]1[C@H](O[C@H]2[C@H](O[C@H]3[C@H](O)[C@@H](O)[C@H](N=C(N)N)[C@@H](O)[C@@H]3N=C(N)N)O[C@@H](C)C2(O)C=O)O[C@@H](CCO)[C@H](O)[C@H]1O. The first-order valence-electron chi connectivity index (χ1n) is 13.4. The molecular formula is C23H43N7O12. The van der Waals surface area contributed by atoms with Crippen molar-refractivity contribution in [2.45, 2.75) is 98.5 Å². The highest BCUT2D eigenvalue weighted by Gasteiger charge is 2.60. The number of aldehydes is 1. The van der Waals surface area contributed by atoms with Crippen molar-refractivity contribution in [1.29, 1.82) is 0 Å². The third-order valence-electron chi connectivity index (χ3n) is 7.80. The van der Waals surface area contributed by atoms with Gasteiger partial charge in [-0.25, -0.2) is 9.98 Å². The monoisotopic (exact) mass is 609 g/mol. The number of guanidine groups is 2. The molecule has 0 spiro atoms. The van der Waals surface area contributed by atoms with Crippen molar-refractivity contribution in [3.63, 3.8) is 0 Å². The number of aliphatic hydroxyl groups is 7. The van der Waals surface area contributed by atoms with Crippen LogP contribution in [0.15, 0.2) is 9.98 Å². The quantitative estimate of drug-likeness (QED) is 0.0587. The van der Waals surface area contributed by atoms with Gasteiger partial charge in [0.15, 0.2) is 36.4 Å². The average molecular weight is 610 g/mol. The van der Waals surface area contributed by atoms with Crippen molar-refractivity contribution in [2.24, 2.45) is 38.8 Å². The fourth-order valence-corrected chi connectivity index (χ4v) is 5.51. The van der Waals surface area contributed by atoms with E-state index >= 15 is 0 Å². The molecule has 1 aliphatic carbocycles. The van der Waals surface area contributed by atoms with Crippen molar-refractivity contribution in [1.82, 2.24) is 5.32 Å². The van der Waals surface area contributed by atoms with Gasteiger partial charge in [0.1, 0.15) is 48.7 Å². The zero-order valence-electron chi connectivity index (χ0n) is 23.2. The lowest BCUT2D eigenvalue weighted by atomic mass is 9.81. The van der Waals surface area contributed by atoms with Gasteiger partial charge in [0, 0.05) is 13.2 Å². The number of rotatable bonds is 11. The van der Waals surface area contributed by atoms with Crippen molar-refractivity contribution >= 4 is 18.2 Å². The van der Waals surface area contributed by atoms with Crippen LogP contribution in [-0.2, 0) is 23.7 Å². The maximum absolute atomic E-state index is 12.2. The Balaban J connectivity index is 1.98. The first kappa shape index (κ1) is 34.2. The van der Waals surface area contributed by atoms with E-state index in [-0.39, 0.29) is 25.9 Å². The van der Waals surface area contributed by atoms with Gasteiger partial charge in [0.05, 0.1) is 24.2 Å². The van der Waals surface area contributed by atoms with Crippen LogP contribution in [0.1, 0.15) is 13.3 Å². The molecule has 242 valence electrons. The van der Waals surface area contributed by atoms with Crippen LogP contribution in [0.3, 0.4) is 0 Å². The van der Waals surface area contributed by atoms with Gasteiger partial charge < -0.3 is 82.9 Å². The van der Waals surface area contributed by atoms with E-state index in [0.717, 1.165) is 0 Å². The fraction of sp³-hybridized carbons (Fsp3) is 0.870. The Morgan fingerprint density at radius 3 is 2.07 bits per heavy atom. The van der Waals surface area contributed by atoms with Gasteiger partial charge in [-0.2, -0.15) is 0 Å². The van der Waals surface area contributed by atoms with Gasteiger partial charge in [-0.05, 0) is 20.4 Å². The minimum atomic E-state index is -2.37. The summed E-state index contributed by atoms with van der Waals surface area (Å²) < 4.78 is 23.5. The molecular weight excluding hydrogens is 566 g/mol. The van der Waals surface area contributed by atoms with Crippen molar-refractivity contribution < 1.29 is 59.5 Å². The van der Waals surface area contributed by atoms with E-state index in [0.29, 0.717) is 0 Å². The van der Waals surface area contributed by atoms with Crippen LogP contribution in [0, 0.1) is 5.92 Å². The molecule has 16 N–H and O–H groups in total. The van der Waals surface area contributed by atoms with Crippen molar-refractivity contribution in [3.8, 4) is 0 Å². The van der Waals surface area contributed by atoms with Crippen molar-refractivity contribution in [2.75, 3.05) is 20.2 Å². The molecule has 3 aliphatic rings. The minimum absolute atomic E-state index is 0.0569. The molecule has 15 atom stereocenters. The number of hydrogen-bond acceptors (Lipinski definition) is 15. The number of carbonyl (C=O) groups is 1. The predicted molar refractivity (Wildman–Crippen MR) is 142 cm³/mol. The number of hydrogen-bond donors (Lipinski definition) is 12. The van der Waals surface area contributed by atoms with Gasteiger partial charge in [-0.15, -0.1) is 0 Å². The van der Waals surface area contributed by atoms with E-state index in [1.54, 1.807) is 7.05 Å². The van der Waals surface area contributed by atoms with Crippen LogP contribution in [0.5, 0.6) is 0 Å². The van der Waals surface area contributed by atoms with Crippen LogP contribution in [0.25, 0.3) is 0 Å². The van der Waals surface area contributed by atoms with Crippen molar-refractivity contribution in [3.05, 3.63) is 0 Å². The summed E-state index contributed by atoms with van der Waals surface area (Å²) in [7, 11) is 1.57. The van der Waals surface area contributed by atoms with E-state index in [4.69, 9.17) is 41.9 Å². The number of nitrogens with zero attached hydrogens (tertiary/aromatic N) is 2. The Kier molecular flexibility index (Phi) is 11.4. The molecule has 0 bridgehead atoms. The first-order chi connectivity index (χ1) is 19.7. The molecule has 19 heteroatoms. The standard InChI is InChI=1S/C23H43N7O12/c1-7-23(38,6-32)18(42-19-8(5-28-2)12(33)13(34)9(40-19)3-4-31)20(39-7)41-17-11(30-22(26)27)14(35)10(29-21(24)25)15(36)16(17)37/h6-20,28,31,33-38H,3-5H2,1-2H3,(H4,24,25,29)(H4,26,27,30)/t7-,8-,9-,10+,11-,12-,13-,14+,15-,16+,17+,18-,19-,20-,23?/m0/s1. The molecule has 42 heavy (non-hydrogen) atoms. The molecule has 0 amide bonds. The summed E-state index contributed by atoms with van der Waals surface area (Å²) in [5.74, 6) is -1.96. The second kappa shape index (κ2) is 14.0. The van der Waals surface area contributed by atoms with Gasteiger partial charge in [-0.1, -0.05) is 0 Å². The number of aliphatic imine (C=N–C) groups is 2. The Bertz CT molecular complexity index is 972. The molecule has 2 aliphatic heterocycles. The molecule has 0 radical (unpaired) electrons. The first-order valence-corrected chi connectivity index (χ1v) is 13.4. The van der Waals surface area contributed by atoms with Gasteiger partial charge in [0.25, 0.3) is 0 Å². The lowest BCUT2D eigenvalue weighted by Crippen LogP contribution is -2.65. The molecule has 2 saturated heterocycles. The van der Waals surface area contributed by atoms with E-state index in [1.807, 2.05) is 0 Å². The number of carbonyl (C=O) groups excluding carboxylic acids is 1. The Morgan fingerprint density at radius 1 is 0.905 bits per heavy atom. The zero-order valence-corrected chi connectivity index (χ0v) is 23.2. The second-order valence-corrected chi connectivity index (χ2v) is 10.6. The molecule has 2 heterocycles. The lowest BCUT2D eigenvalue weighted by molar-refractivity contribution is -0.322. The summed E-state index contributed by atoms with van der Waals surface area (Å²) in [5, 5.41) is 77.5. The average Bonchev–Trinajstić information content (AvgIpc) is 3.16. The molecule has 0 aromatic carbocycles. The molecule has 0 aromatic rings. The van der Waals surface area contributed by atoms with Gasteiger partial charge >= 0.3 is 0 Å². The Labute approximate surface area is 241 Å². The zero-order chi connectivity index (χ0) is 31.5. The number of ether oxygens (including phenoxy) is 4. The van der Waals surface area contributed by atoms with Crippen LogP contribution in [-0.4, -0.2) is 159 Å². The van der Waals surface area contributed by atoms with Crippen LogP contribution < -0.4 is 28.3 Å². The maximum atomic E-state index is 12.2. The van der Waals surface area contributed by atoms with Gasteiger partial charge in [-0.3, -0.25) is 4.79 Å². The smallest absolute Gasteiger partial charge is 0.188 e. The van der Waals surface area contributed by atoms with E-state index in [2.05, 4.69) is 15.3 Å². The molecule has 0 aromatic heterocycles. The third kappa shape index (κ3) is 6.77. The molecule has 3 fully saturated rings. The fourth-order valence-electron chi connectivity index (χ4n) is 5.51. The van der Waals surface area contributed by atoms with Crippen LogP contribution in [0.2, 0.25) is 0 Å². The number of aliphatic hydroxyl groups excluding tert-OH is 6. The summed E-state index contributed by atoms with van der Waals surface area (Å²) in [6.07, 6.45) is -16.7. The predicted octanol–water partition coefficient (Wildman–Crippen LogP) is -7.52. The highest BCUT2D eigenvalue weighted by atomic mass is 16.8. The molecule has 1 unspecified atom stereocenters. The topological polar surface area (TPSA) is 336 Å². The highest BCUT2D eigenvalue weighted by molar-refractivity contribution is 5.76. The molecule has 1 saturated carbocycles. The Hall–Kier alpha value is -2.27. The van der Waals surface area contributed by atoms with E-state index in [9.17, 15) is 40.5 Å². The molecule has 19 nitrogen and oxygen atoms in total. The van der Waals surface area contributed by atoms with E-state index < -0.39 is 103 Å². The highest BCUT2D eigenvalue weighted by Crippen LogP contribution is 2.39. The Morgan fingerprint density at radius 2 is 1.52 bits per heavy atom. The third-order valence-corrected chi connectivity index (χ3v) is 7.80.